The minimum atomic E-state index is -0.924. The van der Waals surface area contributed by atoms with Crippen LogP contribution in [0.3, 0.4) is 0 Å². The second-order valence-electron chi connectivity index (χ2n) is 4.97. The summed E-state index contributed by atoms with van der Waals surface area (Å²) in [6.07, 6.45) is 0.00594. The number of aryl methyl sites for hydroxylation is 1. The third-order valence-electron chi connectivity index (χ3n) is 3.16. The van der Waals surface area contributed by atoms with Crippen molar-refractivity contribution in [2.45, 2.75) is 24.0 Å². The van der Waals surface area contributed by atoms with Crippen molar-refractivity contribution in [1.82, 2.24) is 0 Å². The first-order valence-electron chi connectivity index (χ1n) is 6.72. The topological polar surface area (TPSA) is 74.6 Å². The van der Waals surface area contributed by atoms with Crippen LogP contribution in [0.4, 0.5) is 0 Å². The van der Waals surface area contributed by atoms with Crippen molar-refractivity contribution in [3.63, 3.8) is 0 Å². The molecule has 0 bridgehead atoms. The van der Waals surface area contributed by atoms with Gasteiger partial charge in [0.15, 0.2) is 0 Å². The van der Waals surface area contributed by atoms with E-state index < -0.39 is 11.9 Å². The molecule has 0 fully saturated rings. The zero-order valence-corrected chi connectivity index (χ0v) is 12.9. The van der Waals surface area contributed by atoms with Crippen molar-refractivity contribution in [1.29, 1.82) is 0 Å². The summed E-state index contributed by atoms with van der Waals surface area (Å²) in [7, 11) is 0. The summed E-state index contributed by atoms with van der Waals surface area (Å²) in [4.78, 5) is 22.8. The van der Waals surface area contributed by atoms with Crippen LogP contribution in [0.15, 0.2) is 47.4 Å². The molecule has 114 valence electrons. The quantitative estimate of drug-likeness (QED) is 0.796. The zero-order valence-electron chi connectivity index (χ0n) is 12.1. The van der Waals surface area contributed by atoms with Gasteiger partial charge in [0.1, 0.15) is 0 Å². The van der Waals surface area contributed by atoms with Crippen LogP contribution in [0.2, 0.25) is 0 Å². The number of carboxylic acid groups (broad SMARTS) is 2. The van der Waals surface area contributed by atoms with E-state index in [4.69, 9.17) is 5.11 Å². The van der Waals surface area contributed by atoms with Crippen LogP contribution in [-0.2, 0) is 17.0 Å². The lowest BCUT2D eigenvalue weighted by Crippen LogP contribution is -2.02. The maximum Gasteiger partial charge on any atom is 0.335 e. The van der Waals surface area contributed by atoms with Gasteiger partial charge < -0.3 is 10.2 Å². The van der Waals surface area contributed by atoms with Crippen LogP contribution in [0.1, 0.15) is 27.0 Å². The number of thioether (sulfide) groups is 1. The van der Waals surface area contributed by atoms with Gasteiger partial charge in [-0.2, -0.15) is 0 Å². The summed E-state index contributed by atoms with van der Waals surface area (Å²) in [5.74, 6) is -1.22. The average Bonchev–Trinajstić information content (AvgIpc) is 2.45. The number of aromatic carboxylic acids is 1. The van der Waals surface area contributed by atoms with Gasteiger partial charge in [-0.25, -0.2) is 4.79 Å². The second kappa shape index (κ2) is 7.13. The zero-order chi connectivity index (χ0) is 16.1. The fraction of sp³-hybridized carbons (Fsp3) is 0.176. The Kier molecular flexibility index (Phi) is 5.22. The molecular formula is C17H16O4S. The van der Waals surface area contributed by atoms with Gasteiger partial charge in [0.25, 0.3) is 0 Å². The molecule has 2 aromatic carbocycles. The Labute approximate surface area is 132 Å². The summed E-state index contributed by atoms with van der Waals surface area (Å²) < 4.78 is 0. The van der Waals surface area contributed by atoms with Crippen LogP contribution in [-0.4, -0.2) is 22.2 Å². The first-order valence-corrected chi connectivity index (χ1v) is 7.70. The largest absolute Gasteiger partial charge is 0.481 e. The lowest BCUT2D eigenvalue weighted by molar-refractivity contribution is -0.136. The molecule has 0 amide bonds. The molecule has 0 saturated heterocycles. The van der Waals surface area contributed by atoms with Gasteiger partial charge in [-0.1, -0.05) is 29.8 Å². The van der Waals surface area contributed by atoms with E-state index >= 15 is 0 Å². The maximum atomic E-state index is 11.2. The van der Waals surface area contributed by atoms with E-state index in [0.29, 0.717) is 11.3 Å². The van der Waals surface area contributed by atoms with Crippen molar-refractivity contribution in [3.8, 4) is 0 Å². The van der Waals surface area contributed by atoms with Crippen LogP contribution < -0.4 is 0 Å². The summed E-state index contributed by atoms with van der Waals surface area (Å²) in [5, 5.41) is 17.9. The SMILES string of the molecule is Cc1ccc(C(=O)O)c(CSc2ccc(CC(=O)O)cc2)c1. The first-order chi connectivity index (χ1) is 10.5. The Morgan fingerprint density at radius 2 is 1.73 bits per heavy atom. The standard InChI is InChI=1S/C17H16O4S/c1-11-2-7-15(17(20)21)13(8-11)10-22-14-5-3-12(4-6-14)9-16(18)19/h2-8H,9-10H2,1H3,(H,18,19)(H,20,21). The molecule has 0 aliphatic rings. The Balaban J connectivity index is 2.08. The minimum Gasteiger partial charge on any atom is -0.481 e. The molecule has 4 nitrogen and oxygen atoms in total. The molecule has 0 spiro atoms. The number of benzene rings is 2. The lowest BCUT2D eigenvalue weighted by Gasteiger charge is -2.08. The predicted molar refractivity (Wildman–Crippen MR) is 85.5 cm³/mol. The highest BCUT2D eigenvalue weighted by Crippen LogP contribution is 2.25. The van der Waals surface area contributed by atoms with Crippen LogP contribution in [0, 0.1) is 6.92 Å². The van der Waals surface area contributed by atoms with Crippen LogP contribution in [0.5, 0.6) is 0 Å². The van der Waals surface area contributed by atoms with E-state index in [-0.39, 0.29) is 6.42 Å². The highest BCUT2D eigenvalue weighted by atomic mass is 32.2. The van der Waals surface area contributed by atoms with E-state index in [1.165, 1.54) is 11.8 Å². The molecule has 2 rings (SSSR count). The Morgan fingerprint density at radius 3 is 2.32 bits per heavy atom. The van der Waals surface area contributed by atoms with Crippen molar-refractivity contribution < 1.29 is 19.8 Å². The highest BCUT2D eigenvalue weighted by molar-refractivity contribution is 7.98. The molecule has 0 aliphatic carbocycles. The van der Waals surface area contributed by atoms with Gasteiger partial charge in [0.2, 0.25) is 0 Å². The summed E-state index contributed by atoms with van der Waals surface area (Å²) in [6, 6.07) is 12.6. The molecule has 0 aromatic heterocycles. The van der Waals surface area contributed by atoms with Gasteiger partial charge in [-0.3, -0.25) is 4.79 Å². The number of rotatable bonds is 6. The third kappa shape index (κ3) is 4.36. The second-order valence-corrected chi connectivity index (χ2v) is 6.02. The van der Waals surface area contributed by atoms with E-state index in [0.717, 1.165) is 21.6 Å². The number of carboxylic acids is 2. The van der Waals surface area contributed by atoms with Gasteiger partial charge in [0.05, 0.1) is 12.0 Å². The van der Waals surface area contributed by atoms with E-state index in [9.17, 15) is 14.7 Å². The molecule has 0 aliphatic heterocycles. The van der Waals surface area contributed by atoms with Gasteiger partial charge in [-0.05, 0) is 36.2 Å². The number of hydrogen-bond donors (Lipinski definition) is 2. The van der Waals surface area contributed by atoms with Crippen LogP contribution in [0.25, 0.3) is 0 Å². The number of hydrogen-bond acceptors (Lipinski definition) is 3. The fourth-order valence-electron chi connectivity index (χ4n) is 2.09. The molecule has 0 heterocycles. The number of carbonyl (C=O) groups is 2. The molecule has 0 atom stereocenters. The van der Waals surface area contributed by atoms with E-state index in [2.05, 4.69) is 0 Å². The summed E-state index contributed by atoms with van der Waals surface area (Å²) in [6.45, 7) is 1.93. The van der Waals surface area contributed by atoms with Crippen molar-refractivity contribution in [2.75, 3.05) is 0 Å². The van der Waals surface area contributed by atoms with Crippen molar-refractivity contribution in [3.05, 3.63) is 64.7 Å². The molecule has 2 N–H and O–H groups in total. The minimum absolute atomic E-state index is 0.00594. The molecule has 0 radical (unpaired) electrons. The normalized spacial score (nSPS) is 10.4. The van der Waals surface area contributed by atoms with Gasteiger partial charge in [-0.15, -0.1) is 11.8 Å². The third-order valence-corrected chi connectivity index (χ3v) is 4.23. The van der Waals surface area contributed by atoms with E-state index in [1.807, 2.05) is 25.1 Å². The average molecular weight is 316 g/mol. The van der Waals surface area contributed by atoms with Crippen molar-refractivity contribution >= 4 is 23.7 Å². The Bertz CT molecular complexity index is 692. The fourth-order valence-corrected chi connectivity index (χ4v) is 2.98. The van der Waals surface area contributed by atoms with Gasteiger partial charge >= 0.3 is 11.9 Å². The Hall–Kier alpha value is -2.27. The van der Waals surface area contributed by atoms with E-state index in [1.54, 1.807) is 24.3 Å². The smallest absolute Gasteiger partial charge is 0.335 e. The molecule has 22 heavy (non-hydrogen) atoms. The van der Waals surface area contributed by atoms with Gasteiger partial charge in [0, 0.05) is 10.6 Å². The molecule has 5 heteroatoms. The summed E-state index contributed by atoms with van der Waals surface area (Å²) >= 11 is 1.53. The first kappa shape index (κ1) is 16.1. The molecule has 0 saturated carbocycles. The molecule has 0 unspecified atom stereocenters. The highest BCUT2D eigenvalue weighted by Gasteiger charge is 2.10. The van der Waals surface area contributed by atoms with Crippen LogP contribution >= 0.6 is 11.8 Å². The summed E-state index contributed by atoms with van der Waals surface area (Å²) in [5.41, 5.74) is 2.88. The molecule has 2 aromatic rings. The lowest BCUT2D eigenvalue weighted by atomic mass is 10.1. The monoisotopic (exact) mass is 316 g/mol. The maximum absolute atomic E-state index is 11.2. The van der Waals surface area contributed by atoms with Crippen molar-refractivity contribution in [2.24, 2.45) is 0 Å². The molecular weight excluding hydrogens is 300 g/mol. The Morgan fingerprint density at radius 1 is 1.05 bits per heavy atom. The number of aliphatic carboxylic acids is 1. The predicted octanol–water partition coefficient (Wildman–Crippen LogP) is 3.61.